The average molecular weight is 281 g/mol. The fourth-order valence-corrected chi connectivity index (χ4v) is 1.56. The van der Waals surface area contributed by atoms with Gasteiger partial charge in [0.25, 0.3) is 5.91 Å². The molecule has 7 heteroatoms. The van der Waals surface area contributed by atoms with Crippen molar-refractivity contribution in [2.75, 3.05) is 5.88 Å². The third kappa shape index (κ3) is 4.18. The van der Waals surface area contributed by atoms with Gasteiger partial charge in [-0.25, -0.2) is 0 Å². The molecular weight excluding hydrogens is 269 g/mol. The minimum atomic E-state index is -4.45. The number of carbonyl (C=O) groups excluding carboxylic acids is 1. The van der Waals surface area contributed by atoms with Crippen molar-refractivity contribution in [3.8, 4) is 0 Å². The lowest BCUT2D eigenvalue weighted by Gasteiger charge is -2.12. The molecule has 0 radical (unpaired) electrons. The molecule has 0 fully saturated rings. The molecule has 1 unspecified atom stereocenters. The molecule has 0 aliphatic heterocycles. The first-order chi connectivity index (χ1) is 8.34. The van der Waals surface area contributed by atoms with Crippen LogP contribution in [0.4, 0.5) is 13.2 Å². The molecule has 0 aliphatic carbocycles. The van der Waals surface area contributed by atoms with E-state index >= 15 is 0 Å². The summed E-state index contributed by atoms with van der Waals surface area (Å²) in [6, 6.07) is 1.72. The molecule has 0 aromatic carbocycles. The van der Waals surface area contributed by atoms with E-state index in [-0.39, 0.29) is 11.7 Å². The zero-order valence-corrected chi connectivity index (χ0v) is 10.3. The summed E-state index contributed by atoms with van der Waals surface area (Å²) in [5.41, 5.74) is -0.933. The van der Waals surface area contributed by atoms with Crippen molar-refractivity contribution in [3.05, 3.63) is 29.6 Å². The predicted molar refractivity (Wildman–Crippen MR) is 61.5 cm³/mol. The third-order valence-electron chi connectivity index (χ3n) is 2.24. The number of nitrogens with zero attached hydrogens (tertiary/aromatic N) is 1. The molecule has 1 N–H and O–H groups in total. The maximum Gasteiger partial charge on any atom is 0.417 e. The van der Waals surface area contributed by atoms with Crippen LogP contribution in [0.5, 0.6) is 0 Å². The van der Waals surface area contributed by atoms with E-state index in [2.05, 4.69) is 10.3 Å². The maximum atomic E-state index is 12.3. The Morgan fingerprint density at radius 2 is 2.17 bits per heavy atom. The van der Waals surface area contributed by atoms with Crippen LogP contribution in [0.2, 0.25) is 0 Å². The molecule has 1 heterocycles. The number of rotatable bonds is 4. The summed E-state index contributed by atoms with van der Waals surface area (Å²) in [5, 5.41) is 2.59. The fraction of sp³-hybridized carbons (Fsp3) is 0.455. The standard InChI is InChI=1S/C11H12ClF3N2O/c1-7(4-5-12)17-10(18)9-3-2-8(6-16-9)11(13,14)15/h2-3,6-7H,4-5H2,1H3,(H,17,18). The third-order valence-corrected chi connectivity index (χ3v) is 2.46. The van der Waals surface area contributed by atoms with Gasteiger partial charge < -0.3 is 5.32 Å². The summed E-state index contributed by atoms with van der Waals surface area (Å²) in [4.78, 5) is 15.1. The highest BCUT2D eigenvalue weighted by molar-refractivity contribution is 6.17. The normalized spacial score (nSPS) is 13.2. The highest BCUT2D eigenvalue weighted by atomic mass is 35.5. The van der Waals surface area contributed by atoms with Crippen LogP contribution in [0.15, 0.2) is 18.3 Å². The molecule has 0 saturated carbocycles. The first kappa shape index (κ1) is 14.8. The van der Waals surface area contributed by atoms with Gasteiger partial charge in [0.15, 0.2) is 0 Å². The van der Waals surface area contributed by atoms with Crippen molar-refractivity contribution in [2.45, 2.75) is 25.6 Å². The van der Waals surface area contributed by atoms with E-state index in [0.717, 1.165) is 12.1 Å². The lowest BCUT2D eigenvalue weighted by Crippen LogP contribution is -2.33. The molecule has 1 atom stereocenters. The number of halogens is 4. The summed E-state index contributed by atoms with van der Waals surface area (Å²) in [5.74, 6) is -0.122. The molecule has 100 valence electrons. The van der Waals surface area contributed by atoms with Crippen LogP contribution in [0, 0.1) is 0 Å². The smallest absolute Gasteiger partial charge is 0.348 e. The Kier molecular flexibility index (Phi) is 4.95. The zero-order valence-electron chi connectivity index (χ0n) is 9.59. The molecule has 3 nitrogen and oxygen atoms in total. The molecule has 0 saturated heterocycles. The highest BCUT2D eigenvalue weighted by Crippen LogP contribution is 2.28. The van der Waals surface area contributed by atoms with Crippen LogP contribution in [0.3, 0.4) is 0 Å². The fourth-order valence-electron chi connectivity index (χ4n) is 1.23. The number of hydrogen-bond acceptors (Lipinski definition) is 2. The van der Waals surface area contributed by atoms with Gasteiger partial charge in [0, 0.05) is 18.1 Å². The second-order valence-corrected chi connectivity index (χ2v) is 4.16. The average Bonchev–Trinajstić information content (AvgIpc) is 2.28. The van der Waals surface area contributed by atoms with Gasteiger partial charge in [-0.2, -0.15) is 13.2 Å². The van der Waals surface area contributed by atoms with E-state index in [1.54, 1.807) is 6.92 Å². The molecule has 1 rings (SSSR count). The zero-order chi connectivity index (χ0) is 13.8. The van der Waals surface area contributed by atoms with Crippen LogP contribution in [0.1, 0.15) is 29.4 Å². The van der Waals surface area contributed by atoms with E-state index in [4.69, 9.17) is 11.6 Å². The van der Waals surface area contributed by atoms with Gasteiger partial charge in [0.05, 0.1) is 5.56 Å². The number of amides is 1. The molecule has 0 spiro atoms. The van der Waals surface area contributed by atoms with Crippen LogP contribution < -0.4 is 5.32 Å². The van der Waals surface area contributed by atoms with Gasteiger partial charge in [-0.15, -0.1) is 11.6 Å². The molecule has 1 aromatic rings. The molecule has 1 amide bonds. The number of aromatic nitrogens is 1. The number of alkyl halides is 4. The first-order valence-electron chi connectivity index (χ1n) is 5.24. The predicted octanol–water partition coefficient (Wildman–Crippen LogP) is 2.85. The van der Waals surface area contributed by atoms with Gasteiger partial charge in [-0.3, -0.25) is 9.78 Å². The van der Waals surface area contributed by atoms with E-state index in [0.29, 0.717) is 18.5 Å². The number of carbonyl (C=O) groups is 1. The van der Waals surface area contributed by atoms with E-state index in [9.17, 15) is 18.0 Å². The largest absolute Gasteiger partial charge is 0.417 e. The molecule has 1 aromatic heterocycles. The Balaban J connectivity index is 2.71. The van der Waals surface area contributed by atoms with Gasteiger partial charge in [0.1, 0.15) is 5.69 Å². The molecular formula is C11H12ClF3N2O. The summed E-state index contributed by atoms with van der Waals surface area (Å²) in [7, 11) is 0. The summed E-state index contributed by atoms with van der Waals surface area (Å²) < 4.78 is 36.8. The monoisotopic (exact) mass is 280 g/mol. The van der Waals surface area contributed by atoms with Crippen molar-refractivity contribution in [2.24, 2.45) is 0 Å². The lowest BCUT2D eigenvalue weighted by molar-refractivity contribution is -0.137. The summed E-state index contributed by atoms with van der Waals surface area (Å²) >= 11 is 5.50. The Morgan fingerprint density at radius 1 is 1.50 bits per heavy atom. The number of hydrogen-bond donors (Lipinski definition) is 1. The molecule has 0 aliphatic rings. The lowest BCUT2D eigenvalue weighted by atomic mass is 10.2. The Labute approximate surface area is 107 Å². The Morgan fingerprint density at radius 3 is 2.61 bits per heavy atom. The van der Waals surface area contributed by atoms with Gasteiger partial charge >= 0.3 is 6.18 Å². The van der Waals surface area contributed by atoms with Crippen molar-refractivity contribution in [1.82, 2.24) is 10.3 Å². The summed E-state index contributed by atoms with van der Waals surface area (Å²) in [6.07, 6.45) is -3.23. The van der Waals surface area contributed by atoms with E-state index in [1.807, 2.05) is 0 Å². The van der Waals surface area contributed by atoms with Crippen molar-refractivity contribution >= 4 is 17.5 Å². The van der Waals surface area contributed by atoms with Gasteiger partial charge in [-0.1, -0.05) is 0 Å². The SMILES string of the molecule is CC(CCCl)NC(=O)c1ccc(C(F)(F)F)cn1. The first-order valence-corrected chi connectivity index (χ1v) is 5.78. The molecule has 18 heavy (non-hydrogen) atoms. The number of nitrogens with one attached hydrogen (secondary N) is 1. The van der Waals surface area contributed by atoms with Gasteiger partial charge in [0.2, 0.25) is 0 Å². The Hall–Kier alpha value is -1.30. The quantitative estimate of drug-likeness (QED) is 0.862. The Bertz CT molecular complexity index is 406. The van der Waals surface area contributed by atoms with Crippen LogP contribution in [0.25, 0.3) is 0 Å². The van der Waals surface area contributed by atoms with Gasteiger partial charge in [-0.05, 0) is 25.5 Å². The van der Waals surface area contributed by atoms with Crippen LogP contribution in [-0.4, -0.2) is 22.8 Å². The second-order valence-electron chi connectivity index (χ2n) is 3.78. The molecule has 0 bridgehead atoms. The number of pyridine rings is 1. The van der Waals surface area contributed by atoms with Crippen LogP contribution in [-0.2, 0) is 6.18 Å². The van der Waals surface area contributed by atoms with Crippen molar-refractivity contribution in [1.29, 1.82) is 0 Å². The minimum Gasteiger partial charge on any atom is -0.348 e. The van der Waals surface area contributed by atoms with Crippen molar-refractivity contribution < 1.29 is 18.0 Å². The summed E-state index contributed by atoms with van der Waals surface area (Å²) in [6.45, 7) is 1.75. The highest BCUT2D eigenvalue weighted by Gasteiger charge is 2.30. The van der Waals surface area contributed by atoms with Crippen molar-refractivity contribution in [3.63, 3.8) is 0 Å². The topological polar surface area (TPSA) is 42.0 Å². The van der Waals surface area contributed by atoms with E-state index < -0.39 is 17.6 Å². The van der Waals surface area contributed by atoms with Crippen LogP contribution >= 0.6 is 11.6 Å². The minimum absolute atomic E-state index is 0.0515. The van der Waals surface area contributed by atoms with E-state index in [1.165, 1.54) is 0 Å². The maximum absolute atomic E-state index is 12.3. The second kappa shape index (κ2) is 6.04.